The number of hydrogen-bond donors (Lipinski definition) is 1. The van der Waals surface area contributed by atoms with Crippen LogP contribution in [0.25, 0.3) is 0 Å². The van der Waals surface area contributed by atoms with Crippen LogP contribution < -0.4 is 5.32 Å². The van der Waals surface area contributed by atoms with Crippen molar-refractivity contribution >= 4 is 11.8 Å². The van der Waals surface area contributed by atoms with Gasteiger partial charge in [0.05, 0.1) is 12.7 Å². The lowest BCUT2D eigenvalue weighted by atomic mass is 10.0. The third-order valence-corrected chi connectivity index (χ3v) is 2.88. The molecule has 1 aliphatic rings. The molecule has 2 heterocycles. The number of carbonyl (C=O) groups excluding carboxylic acids is 2. The van der Waals surface area contributed by atoms with Crippen LogP contribution in [-0.2, 0) is 16.1 Å². The van der Waals surface area contributed by atoms with E-state index in [1.54, 1.807) is 31.9 Å². The minimum absolute atomic E-state index is 0.112. The maximum Gasteiger partial charge on any atom is 0.248 e. The number of amides is 2. The van der Waals surface area contributed by atoms with Crippen molar-refractivity contribution in [3.8, 4) is 0 Å². The molecule has 0 bridgehead atoms. The highest BCUT2D eigenvalue weighted by atomic mass is 16.4. The zero-order valence-corrected chi connectivity index (χ0v) is 10.8. The van der Waals surface area contributed by atoms with Gasteiger partial charge in [-0.05, 0) is 20.8 Å². The number of rotatable bonds is 2. The first-order valence-electron chi connectivity index (χ1n) is 5.90. The molecule has 1 saturated heterocycles. The van der Waals surface area contributed by atoms with Crippen molar-refractivity contribution in [2.45, 2.75) is 39.3 Å². The fourth-order valence-corrected chi connectivity index (χ4v) is 1.99. The molecule has 0 radical (unpaired) electrons. The van der Waals surface area contributed by atoms with E-state index >= 15 is 0 Å². The SMILES string of the molecule is Cc1cnc(CN2CCC(=O)NC(C)(C)C2=O)o1. The fourth-order valence-electron chi connectivity index (χ4n) is 1.99. The highest BCUT2D eigenvalue weighted by Crippen LogP contribution is 2.16. The van der Waals surface area contributed by atoms with E-state index in [9.17, 15) is 9.59 Å². The molecule has 1 aromatic rings. The predicted octanol–water partition coefficient (Wildman–Crippen LogP) is 0.610. The summed E-state index contributed by atoms with van der Waals surface area (Å²) in [7, 11) is 0. The topological polar surface area (TPSA) is 75.4 Å². The molecule has 0 atom stereocenters. The van der Waals surface area contributed by atoms with Gasteiger partial charge in [0.25, 0.3) is 0 Å². The molecule has 98 valence electrons. The van der Waals surface area contributed by atoms with Crippen LogP contribution in [0.2, 0.25) is 0 Å². The molecule has 0 aliphatic carbocycles. The van der Waals surface area contributed by atoms with Crippen molar-refractivity contribution in [1.29, 1.82) is 0 Å². The van der Waals surface area contributed by atoms with E-state index in [2.05, 4.69) is 10.3 Å². The Balaban J connectivity index is 2.16. The summed E-state index contributed by atoms with van der Waals surface area (Å²) in [5.41, 5.74) is -0.880. The van der Waals surface area contributed by atoms with Gasteiger partial charge in [0.15, 0.2) is 0 Å². The van der Waals surface area contributed by atoms with Gasteiger partial charge in [0.2, 0.25) is 17.7 Å². The zero-order valence-electron chi connectivity index (χ0n) is 10.8. The normalized spacial score (nSPS) is 19.6. The molecule has 2 rings (SSSR count). The van der Waals surface area contributed by atoms with Crippen molar-refractivity contribution in [3.05, 3.63) is 17.8 Å². The van der Waals surface area contributed by atoms with Gasteiger partial charge in [0, 0.05) is 13.0 Å². The predicted molar refractivity (Wildman–Crippen MR) is 63.5 cm³/mol. The van der Waals surface area contributed by atoms with Gasteiger partial charge in [-0.1, -0.05) is 0 Å². The van der Waals surface area contributed by atoms with E-state index in [4.69, 9.17) is 4.42 Å². The summed E-state index contributed by atoms with van der Waals surface area (Å²) in [6.07, 6.45) is 1.92. The number of hydrogen-bond acceptors (Lipinski definition) is 4. The van der Waals surface area contributed by atoms with E-state index in [1.807, 2.05) is 0 Å². The van der Waals surface area contributed by atoms with Gasteiger partial charge in [-0.25, -0.2) is 4.98 Å². The Labute approximate surface area is 105 Å². The van der Waals surface area contributed by atoms with Crippen LogP contribution in [0.5, 0.6) is 0 Å². The first-order chi connectivity index (χ1) is 8.38. The van der Waals surface area contributed by atoms with Gasteiger partial charge >= 0.3 is 0 Å². The van der Waals surface area contributed by atoms with E-state index in [0.717, 1.165) is 0 Å². The molecule has 0 aromatic carbocycles. The third-order valence-electron chi connectivity index (χ3n) is 2.88. The monoisotopic (exact) mass is 251 g/mol. The van der Waals surface area contributed by atoms with Crippen molar-refractivity contribution in [2.75, 3.05) is 6.54 Å². The summed E-state index contributed by atoms with van der Waals surface area (Å²) in [6, 6.07) is 0. The van der Waals surface area contributed by atoms with Crippen LogP contribution >= 0.6 is 0 Å². The number of nitrogens with one attached hydrogen (secondary N) is 1. The van der Waals surface area contributed by atoms with Gasteiger partial charge in [-0.2, -0.15) is 0 Å². The first-order valence-corrected chi connectivity index (χ1v) is 5.90. The second kappa shape index (κ2) is 4.44. The first kappa shape index (κ1) is 12.6. The summed E-state index contributed by atoms with van der Waals surface area (Å²) < 4.78 is 5.36. The molecule has 18 heavy (non-hydrogen) atoms. The Morgan fingerprint density at radius 1 is 1.50 bits per heavy atom. The fraction of sp³-hybridized carbons (Fsp3) is 0.583. The molecule has 1 aromatic heterocycles. The summed E-state index contributed by atoms with van der Waals surface area (Å²) in [4.78, 5) is 29.5. The molecule has 1 N–H and O–H groups in total. The molecular weight excluding hydrogens is 234 g/mol. The molecule has 0 saturated carbocycles. The Kier molecular flexibility index (Phi) is 3.11. The van der Waals surface area contributed by atoms with Gasteiger partial charge in [0.1, 0.15) is 11.3 Å². The molecule has 1 fully saturated rings. The Hall–Kier alpha value is -1.85. The number of oxazole rings is 1. The maximum atomic E-state index is 12.3. The Bertz CT molecular complexity index is 479. The lowest BCUT2D eigenvalue weighted by Crippen LogP contribution is -2.52. The van der Waals surface area contributed by atoms with E-state index < -0.39 is 5.54 Å². The van der Waals surface area contributed by atoms with Gasteiger partial charge in [-0.3, -0.25) is 9.59 Å². The van der Waals surface area contributed by atoms with Crippen LogP contribution in [0.1, 0.15) is 31.9 Å². The van der Waals surface area contributed by atoms with E-state index in [-0.39, 0.29) is 11.8 Å². The van der Waals surface area contributed by atoms with Gasteiger partial charge in [-0.15, -0.1) is 0 Å². The number of nitrogens with zero attached hydrogens (tertiary/aromatic N) is 2. The van der Waals surface area contributed by atoms with Crippen molar-refractivity contribution < 1.29 is 14.0 Å². The highest BCUT2D eigenvalue weighted by molar-refractivity contribution is 5.92. The largest absolute Gasteiger partial charge is 0.444 e. The zero-order chi connectivity index (χ0) is 13.3. The Morgan fingerprint density at radius 2 is 2.22 bits per heavy atom. The summed E-state index contributed by atoms with van der Waals surface area (Å²) in [6.45, 7) is 5.88. The van der Waals surface area contributed by atoms with Crippen LogP contribution in [0.15, 0.2) is 10.6 Å². The van der Waals surface area contributed by atoms with Crippen molar-refractivity contribution in [1.82, 2.24) is 15.2 Å². The lowest BCUT2D eigenvalue weighted by Gasteiger charge is -2.27. The van der Waals surface area contributed by atoms with Crippen LogP contribution in [-0.4, -0.2) is 33.8 Å². The number of aryl methyl sites for hydroxylation is 1. The van der Waals surface area contributed by atoms with Gasteiger partial charge < -0.3 is 14.6 Å². The summed E-state index contributed by atoms with van der Waals surface area (Å²) >= 11 is 0. The molecular formula is C12H17N3O3. The van der Waals surface area contributed by atoms with E-state index in [1.165, 1.54) is 0 Å². The third kappa shape index (κ3) is 2.52. The minimum Gasteiger partial charge on any atom is -0.444 e. The second-order valence-electron chi connectivity index (χ2n) is 5.01. The highest BCUT2D eigenvalue weighted by Gasteiger charge is 2.36. The maximum absolute atomic E-state index is 12.3. The second-order valence-corrected chi connectivity index (χ2v) is 5.01. The average Bonchev–Trinajstić information content (AvgIpc) is 2.64. The average molecular weight is 251 g/mol. The smallest absolute Gasteiger partial charge is 0.248 e. The van der Waals surface area contributed by atoms with Crippen molar-refractivity contribution in [2.24, 2.45) is 0 Å². The van der Waals surface area contributed by atoms with E-state index in [0.29, 0.717) is 31.2 Å². The molecule has 2 amide bonds. The van der Waals surface area contributed by atoms with Crippen molar-refractivity contribution in [3.63, 3.8) is 0 Å². The van der Waals surface area contributed by atoms with Crippen LogP contribution in [0.4, 0.5) is 0 Å². The number of carbonyl (C=O) groups is 2. The molecule has 0 unspecified atom stereocenters. The van der Waals surface area contributed by atoms with Crippen LogP contribution in [0, 0.1) is 6.92 Å². The summed E-state index contributed by atoms with van der Waals surface area (Å²) in [5, 5.41) is 2.71. The molecule has 1 aliphatic heterocycles. The quantitative estimate of drug-likeness (QED) is 0.835. The van der Waals surface area contributed by atoms with Crippen LogP contribution in [0.3, 0.4) is 0 Å². The molecule has 0 spiro atoms. The standard InChI is InChI=1S/C12H17N3O3/c1-8-6-13-10(18-8)7-15-5-4-9(16)14-12(2,3)11(15)17/h6H,4-5,7H2,1-3H3,(H,14,16). The lowest BCUT2D eigenvalue weighted by molar-refractivity contribution is -0.138. The molecule has 6 heteroatoms. The number of aromatic nitrogens is 1. The minimum atomic E-state index is -0.880. The summed E-state index contributed by atoms with van der Waals surface area (Å²) in [5.74, 6) is 0.968. The molecule has 6 nitrogen and oxygen atoms in total. The Morgan fingerprint density at radius 3 is 2.83 bits per heavy atom.